The lowest BCUT2D eigenvalue weighted by atomic mass is 9.98. The van der Waals surface area contributed by atoms with E-state index in [-0.39, 0.29) is 0 Å². The number of hydrogen-bond donors (Lipinski definition) is 0. The second-order valence-electron chi connectivity index (χ2n) is 5.58. The second kappa shape index (κ2) is 7.55. The van der Waals surface area contributed by atoms with E-state index in [1.165, 1.54) is 0 Å². The van der Waals surface area contributed by atoms with Crippen LogP contribution in [0.3, 0.4) is 0 Å². The van der Waals surface area contributed by atoms with Crippen molar-refractivity contribution in [3.8, 4) is 0 Å². The van der Waals surface area contributed by atoms with Gasteiger partial charge in [0.05, 0.1) is 6.42 Å². The van der Waals surface area contributed by atoms with Gasteiger partial charge in [0.1, 0.15) is 0 Å². The highest BCUT2D eigenvalue weighted by Gasteiger charge is 2.33. The second-order valence-corrected chi connectivity index (χ2v) is 5.58. The molecule has 0 saturated carbocycles. The number of aromatic nitrogens is 2. The third kappa shape index (κ3) is 3.80. The minimum Gasteiger partial charge on any atom is -0.346 e. The molecule has 0 atom stereocenters. The molecule has 5 heteroatoms. The zero-order chi connectivity index (χ0) is 16.8. The molecule has 0 spiro atoms. The van der Waals surface area contributed by atoms with Crippen LogP contribution in [0.1, 0.15) is 37.5 Å². The highest BCUT2D eigenvalue weighted by Crippen LogP contribution is 2.32. The molecule has 1 aliphatic carbocycles. The van der Waals surface area contributed by atoms with Crippen LogP contribution in [0.5, 0.6) is 0 Å². The molecule has 0 amide bonds. The number of ether oxygens (including phenoxy) is 2. The topological polar surface area (TPSA) is 57.4 Å². The smallest absolute Gasteiger partial charge is 0.231 e. The van der Waals surface area contributed by atoms with E-state index in [0.717, 1.165) is 11.1 Å². The van der Waals surface area contributed by atoms with Gasteiger partial charge in [-0.1, -0.05) is 47.6 Å². The molecule has 0 radical (unpaired) electrons. The highest BCUT2D eigenvalue weighted by atomic mass is 16.7. The summed E-state index contributed by atoms with van der Waals surface area (Å²) in [5, 5.41) is 4.12. The third-order valence-corrected chi connectivity index (χ3v) is 3.82. The molecular formula is C19H22N2O3. The molecule has 0 unspecified atom stereocenters. The van der Waals surface area contributed by atoms with Crippen molar-refractivity contribution in [3.05, 3.63) is 65.8 Å². The van der Waals surface area contributed by atoms with Gasteiger partial charge in [-0.25, -0.2) is 0 Å². The van der Waals surface area contributed by atoms with E-state index in [4.69, 9.17) is 14.0 Å². The van der Waals surface area contributed by atoms with E-state index < -0.39 is 5.79 Å². The van der Waals surface area contributed by atoms with Crippen LogP contribution in [0, 0.1) is 0 Å². The summed E-state index contributed by atoms with van der Waals surface area (Å²) in [7, 11) is 0. The quantitative estimate of drug-likeness (QED) is 0.725. The van der Waals surface area contributed by atoms with E-state index in [1.807, 2.05) is 62.4 Å². The van der Waals surface area contributed by atoms with Crippen LogP contribution in [-0.4, -0.2) is 29.1 Å². The van der Waals surface area contributed by atoms with Gasteiger partial charge in [0.15, 0.2) is 11.6 Å². The van der Waals surface area contributed by atoms with Crippen molar-refractivity contribution in [1.82, 2.24) is 10.1 Å². The number of hydrogen-bond acceptors (Lipinski definition) is 5. The lowest BCUT2D eigenvalue weighted by Crippen LogP contribution is -2.35. The number of allylic oxidation sites excluding steroid dienone is 2. The first kappa shape index (κ1) is 16.6. The van der Waals surface area contributed by atoms with Gasteiger partial charge in [-0.3, -0.25) is 0 Å². The first-order valence-electron chi connectivity index (χ1n) is 8.28. The van der Waals surface area contributed by atoms with E-state index >= 15 is 0 Å². The Labute approximate surface area is 142 Å². The van der Waals surface area contributed by atoms with Crippen molar-refractivity contribution >= 4 is 5.57 Å². The minimum atomic E-state index is -0.742. The fourth-order valence-corrected chi connectivity index (χ4v) is 2.80. The summed E-state index contributed by atoms with van der Waals surface area (Å²) >= 11 is 0. The SMILES string of the molecule is CCOC1(OCC)C=CC=C(c2noc(Cc3ccccc3)n2)C1. The van der Waals surface area contributed by atoms with Gasteiger partial charge in [0, 0.05) is 25.2 Å². The lowest BCUT2D eigenvalue weighted by Gasteiger charge is -2.32. The van der Waals surface area contributed by atoms with Crippen molar-refractivity contribution in [1.29, 1.82) is 0 Å². The molecule has 0 N–H and O–H groups in total. The summed E-state index contributed by atoms with van der Waals surface area (Å²) < 4.78 is 17.1. The Morgan fingerprint density at radius 1 is 1.12 bits per heavy atom. The van der Waals surface area contributed by atoms with Gasteiger partial charge in [0.2, 0.25) is 5.89 Å². The van der Waals surface area contributed by atoms with Crippen molar-refractivity contribution in [2.45, 2.75) is 32.5 Å². The Morgan fingerprint density at radius 3 is 2.58 bits per heavy atom. The molecule has 0 saturated heterocycles. The number of nitrogens with zero attached hydrogens (tertiary/aromatic N) is 2. The van der Waals surface area contributed by atoms with Crippen LogP contribution in [0.15, 0.2) is 53.1 Å². The summed E-state index contributed by atoms with van der Waals surface area (Å²) in [5.41, 5.74) is 2.09. The lowest BCUT2D eigenvalue weighted by molar-refractivity contribution is -0.195. The van der Waals surface area contributed by atoms with Gasteiger partial charge >= 0.3 is 0 Å². The molecule has 126 valence electrons. The van der Waals surface area contributed by atoms with E-state index in [9.17, 15) is 0 Å². The Balaban J connectivity index is 1.75. The molecule has 0 fully saturated rings. The molecule has 1 aliphatic rings. The van der Waals surface area contributed by atoms with E-state index in [2.05, 4.69) is 10.1 Å². The zero-order valence-corrected chi connectivity index (χ0v) is 14.1. The van der Waals surface area contributed by atoms with Crippen LogP contribution in [-0.2, 0) is 15.9 Å². The Kier molecular flexibility index (Phi) is 5.23. The summed E-state index contributed by atoms with van der Waals surface area (Å²) in [4.78, 5) is 4.52. The maximum Gasteiger partial charge on any atom is 0.231 e. The molecule has 0 aliphatic heterocycles. The van der Waals surface area contributed by atoms with E-state index in [1.54, 1.807) is 0 Å². The standard InChI is InChI=1S/C19H22N2O3/c1-3-22-19(23-4-2)12-8-11-16(14-19)18-20-17(24-21-18)13-15-9-6-5-7-10-15/h5-12H,3-4,13-14H2,1-2H3. The highest BCUT2D eigenvalue weighted by molar-refractivity contribution is 5.64. The van der Waals surface area contributed by atoms with Crippen LogP contribution >= 0.6 is 0 Å². The molecule has 1 aromatic heterocycles. The van der Waals surface area contributed by atoms with Crippen LogP contribution in [0.2, 0.25) is 0 Å². The largest absolute Gasteiger partial charge is 0.346 e. The molecular weight excluding hydrogens is 304 g/mol. The van der Waals surface area contributed by atoms with Crippen LogP contribution in [0.25, 0.3) is 5.57 Å². The molecule has 24 heavy (non-hydrogen) atoms. The molecule has 1 aromatic carbocycles. The Hall–Kier alpha value is -2.24. The Morgan fingerprint density at radius 2 is 1.88 bits per heavy atom. The van der Waals surface area contributed by atoms with Crippen molar-refractivity contribution in [2.75, 3.05) is 13.2 Å². The minimum absolute atomic E-state index is 0.565. The predicted molar refractivity (Wildman–Crippen MR) is 91.3 cm³/mol. The van der Waals surface area contributed by atoms with Crippen LogP contribution < -0.4 is 0 Å². The third-order valence-electron chi connectivity index (χ3n) is 3.82. The zero-order valence-electron chi connectivity index (χ0n) is 14.1. The first-order valence-corrected chi connectivity index (χ1v) is 8.28. The number of rotatable bonds is 7. The fourth-order valence-electron chi connectivity index (χ4n) is 2.80. The monoisotopic (exact) mass is 326 g/mol. The van der Waals surface area contributed by atoms with Gasteiger partial charge in [-0.05, 0) is 25.5 Å². The van der Waals surface area contributed by atoms with Gasteiger partial charge in [-0.15, -0.1) is 0 Å². The van der Waals surface area contributed by atoms with Crippen molar-refractivity contribution < 1.29 is 14.0 Å². The maximum absolute atomic E-state index is 5.83. The van der Waals surface area contributed by atoms with Gasteiger partial charge in [0.25, 0.3) is 0 Å². The first-order chi connectivity index (χ1) is 11.7. The average molecular weight is 326 g/mol. The molecule has 5 nitrogen and oxygen atoms in total. The fraction of sp³-hybridized carbons (Fsp3) is 0.368. The van der Waals surface area contributed by atoms with Crippen molar-refractivity contribution in [3.63, 3.8) is 0 Å². The molecule has 0 bridgehead atoms. The summed E-state index contributed by atoms with van der Waals surface area (Å²) in [6.07, 6.45) is 7.04. The molecule has 3 rings (SSSR count). The average Bonchev–Trinajstić information content (AvgIpc) is 3.05. The summed E-state index contributed by atoms with van der Waals surface area (Å²) in [6, 6.07) is 10.1. The number of benzene rings is 1. The molecule has 2 aromatic rings. The summed E-state index contributed by atoms with van der Waals surface area (Å²) in [6.45, 7) is 5.06. The Bertz CT molecular complexity index is 713. The van der Waals surface area contributed by atoms with Crippen molar-refractivity contribution in [2.24, 2.45) is 0 Å². The van der Waals surface area contributed by atoms with Crippen LogP contribution in [0.4, 0.5) is 0 Å². The predicted octanol–water partition coefficient (Wildman–Crippen LogP) is 3.77. The van der Waals surface area contributed by atoms with E-state index in [0.29, 0.717) is 37.8 Å². The van der Waals surface area contributed by atoms with Gasteiger partial charge in [-0.2, -0.15) is 4.98 Å². The summed E-state index contributed by atoms with van der Waals surface area (Å²) in [5.74, 6) is 0.451. The molecule has 1 heterocycles. The normalized spacial score (nSPS) is 16.2. The van der Waals surface area contributed by atoms with Gasteiger partial charge < -0.3 is 14.0 Å². The maximum atomic E-state index is 5.83.